The molecule has 0 saturated carbocycles. The van der Waals surface area contributed by atoms with Crippen LogP contribution in [0.2, 0.25) is 0 Å². The molecule has 1 aromatic heterocycles. The van der Waals surface area contributed by atoms with Crippen LogP contribution in [0, 0.1) is 0 Å². The van der Waals surface area contributed by atoms with Crippen LogP contribution in [-0.4, -0.2) is 33.8 Å². The first-order valence-corrected chi connectivity index (χ1v) is 7.54. The molecule has 0 spiro atoms. The molecule has 0 fully saturated rings. The minimum atomic E-state index is -0.623. The molecule has 0 amide bonds. The molecular weight excluding hydrogens is 232 g/mol. The summed E-state index contributed by atoms with van der Waals surface area (Å²) in [5, 5.41) is 13.4. The van der Waals surface area contributed by atoms with Gasteiger partial charge in [0.15, 0.2) is 0 Å². The molecule has 0 saturated heterocycles. The van der Waals surface area contributed by atoms with Crippen molar-refractivity contribution in [2.24, 2.45) is 0 Å². The highest BCUT2D eigenvalue weighted by Crippen LogP contribution is 2.10. The molecular formula is C13H24N2OS. The fourth-order valence-corrected chi connectivity index (χ4v) is 2.61. The Hall–Kier alpha value is -0.450. The molecule has 1 unspecified atom stereocenters. The highest BCUT2D eigenvalue weighted by atomic mass is 32.2. The molecule has 4 heteroatoms. The van der Waals surface area contributed by atoms with E-state index >= 15 is 0 Å². The van der Waals surface area contributed by atoms with Gasteiger partial charge in [-0.25, -0.2) is 0 Å². The van der Waals surface area contributed by atoms with Crippen LogP contribution in [0.25, 0.3) is 0 Å². The molecule has 0 aromatic carbocycles. The Balaban J connectivity index is 2.37. The van der Waals surface area contributed by atoms with Crippen molar-refractivity contribution in [1.82, 2.24) is 9.88 Å². The number of nitrogens with zero attached hydrogens (tertiary/aromatic N) is 1. The lowest BCUT2D eigenvalue weighted by Gasteiger charge is -2.22. The number of hydrogen-bond donors (Lipinski definition) is 2. The predicted octanol–water partition coefficient (Wildman–Crippen LogP) is 2.10. The van der Waals surface area contributed by atoms with Gasteiger partial charge in [0.2, 0.25) is 0 Å². The second kappa shape index (κ2) is 7.09. The van der Waals surface area contributed by atoms with Crippen molar-refractivity contribution in [2.45, 2.75) is 39.0 Å². The van der Waals surface area contributed by atoms with E-state index in [1.807, 2.05) is 13.2 Å². The minimum absolute atomic E-state index is 0.623. The second-order valence-electron chi connectivity index (χ2n) is 4.73. The summed E-state index contributed by atoms with van der Waals surface area (Å²) in [7, 11) is 0. The Morgan fingerprint density at radius 3 is 2.94 bits per heavy atom. The van der Waals surface area contributed by atoms with Crippen LogP contribution in [0.1, 0.15) is 26.0 Å². The second-order valence-corrected chi connectivity index (χ2v) is 5.59. The fraction of sp³-hybridized carbons (Fsp3) is 0.692. The van der Waals surface area contributed by atoms with Crippen LogP contribution >= 0.6 is 11.8 Å². The van der Waals surface area contributed by atoms with E-state index in [1.165, 1.54) is 5.69 Å². The van der Waals surface area contributed by atoms with Gasteiger partial charge in [0.05, 0.1) is 5.60 Å². The maximum absolute atomic E-state index is 10.0. The molecule has 1 rings (SSSR count). The summed E-state index contributed by atoms with van der Waals surface area (Å²) in [6.07, 6.45) is 5.27. The van der Waals surface area contributed by atoms with Crippen LogP contribution in [-0.2, 0) is 13.1 Å². The van der Waals surface area contributed by atoms with E-state index in [1.54, 1.807) is 11.8 Å². The Morgan fingerprint density at radius 1 is 1.53 bits per heavy atom. The Kier molecular flexibility index (Phi) is 6.09. The van der Waals surface area contributed by atoms with Crippen LogP contribution in [0.5, 0.6) is 0 Å². The van der Waals surface area contributed by atoms with Crippen molar-refractivity contribution in [1.29, 1.82) is 0 Å². The Morgan fingerprint density at radius 2 is 2.29 bits per heavy atom. The van der Waals surface area contributed by atoms with Gasteiger partial charge in [-0.3, -0.25) is 0 Å². The van der Waals surface area contributed by atoms with Gasteiger partial charge < -0.3 is 15.0 Å². The first kappa shape index (κ1) is 14.6. The topological polar surface area (TPSA) is 37.2 Å². The van der Waals surface area contributed by atoms with Crippen molar-refractivity contribution in [3.63, 3.8) is 0 Å². The molecule has 0 aliphatic carbocycles. The third-order valence-electron chi connectivity index (χ3n) is 2.66. The van der Waals surface area contributed by atoms with E-state index in [0.717, 1.165) is 25.3 Å². The molecule has 3 nitrogen and oxygen atoms in total. The predicted molar refractivity (Wildman–Crippen MR) is 75.4 cm³/mol. The van der Waals surface area contributed by atoms with Crippen LogP contribution in [0.3, 0.4) is 0 Å². The SMILES string of the molecule is CCCn1cccc1CNCC(C)(O)CSC. The number of aromatic nitrogens is 1. The average molecular weight is 256 g/mol. The maximum Gasteiger partial charge on any atom is 0.0833 e. The van der Waals surface area contributed by atoms with E-state index in [0.29, 0.717) is 6.54 Å². The van der Waals surface area contributed by atoms with Gasteiger partial charge in [-0.05, 0) is 31.7 Å². The number of aliphatic hydroxyl groups is 1. The molecule has 0 radical (unpaired) electrons. The van der Waals surface area contributed by atoms with Crippen LogP contribution < -0.4 is 5.32 Å². The quantitative estimate of drug-likeness (QED) is 0.748. The van der Waals surface area contributed by atoms with Gasteiger partial charge in [0.25, 0.3) is 0 Å². The number of thioether (sulfide) groups is 1. The third-order valence-corrected chi connectivity index (χ3v) is 3.57. The summed E-state index contributed by atoms with van der Waals surface area (Å²) in [6, 6.07) is 4.21. The van der Waals surface area contributed by atoms with E-state index in [4.69, 9.17) is 0 Å². The summed E-state index contributed by atoms with van der Waals surface area (Å²) >= 11 is 1.67. The third kappa shape index (κ3) is 5.15. The Labute approximate surface area is 109 Å². The molecule has 2 N–H and O–H groups in total. The lowest BCUT2D eigenvalue weighted by atomic mass is 10.1. The largest absolute Gasteiger partial charge is 0.388 e. The van der Waals surface area contributed by atoms with Gasteiger partial charge in [-0.1, -0.05) is 6.92 Å². The molecule has 1 atom stereocenters. The average Bonchev–Trinajstić information content (AvgIpc) is 2.66. The monoisotopic (exact) mass is 256 g/mol. The fourth-order valence-electron chi connectivity index (χ4n) is 1.89. The normalized spacial score (nSPS) is 14.8. The molecule has 17 heavy (non-hydrogen) atoms. The van der Waals surface area contributed by atoms with E-state index in [9.17, 15) is 5.11 Å². The van der Waals surface area contributed by atoms with Gasteiger partial charge in [-0.2, -0.15) is 11.8 Å². The van der Waals surface area contributed by atoms with E-state index < -0.39 is 5.60 Å². The molecule has 0 aliphatic heterocycles. The number of rotatable bonds is 8. The van der Waals surface area contributed by atoms with E-state index in [2.05, 4.69) is 35.1 Å². The lowest BCUT2D eigenvalue weighted by molar-refractivity contribution is 0.0844. The zero-order valence-electron chi connectivity index (χ0n) is 11.1. The van der Waals surface area contributed by atoms with Crippen LogP contribution in [0.4, 0.5) is 0 Å². The zero-order chi connectivity index (χ0) is 12.7. The molecule has 98 valence electrons. The number of hydrogen-bond acceptors (Lipinski definition) is 3. The highest BCUT2D eigenvalue weighted by Gasteiger charge is 2.18. The number of aryl methyl sites for hydroxylation is 1. The Bertz CT molecular complexity index is 323. The smallest absolute Gasteiger partial charge is 0.0833 e. The van der Waals surface area contributed by atoms with Gasteiger partial charge >= 0.3 is 0 Å². The minimum Gasteiger partial charge on any atom is -0.388 e. The maximum atomic E-state index is 10.0. The van der Waals surface area contributed by atoms with E-state index in [-0.39, 0.29) is 0 Å². The highest BCUT2D eigenvalue weighted by molar-refractivity contribution is 7.98. The summed E-state index contributed by atoms with van der Waals surface area (Å²) in [5.41, 5.74) is 0.661. The molecule has 1 aromatic rings. The van der Waals surface area contributed by atoms with Crippen molar-refractivity contribution in [3.05, 3.63) is 24.0 Å². The summed E-state index contributed by atoms with van der Waals surface area (Å²) in [5.74, 6) is 0.760. The lowest BCUT2D eigenvalue weighted by Crippen LogP contribution is -2.39. The van der Waals surface area contributed by atoms with Crippen molar-refractivity contribution < 1.29 is 5.11 Å². The van der Waals surface area contributed by atoms with Crippen LogP contribution in [0.15, 0.2) is 18.3 Å². The summed E-state index contributed by atoms with van der Waals surface area (Å²) in [6.45, 7) is 6.57. The van der Waals surface area contributed by atoms with Crippen molar-refractivity contribution >= 4 is 11.8 Å². The molecule has 1 heterocycles. The van der Waals surface area contributed by atoms with Gasteiger partial charge in [-0.15, -0.1) is 0 Å². The summed E-state index contributed by atoms with van der Waals surface area (Å²) in [4.78, 5) is 0. The van der Waals surface area contributed by atoms with Crippen molar-refractivity contribution in [2.75, 3.05) is 18.6 Å². The molecule has 0 bridgehead atoms. The summed E-state index contributed by atoms with van der Waals surface area (Å²) < 4.78 is 2.26. The first-order valence-electron chi connectivity index (χ1n) is 6.15. The van der Waals surface area contributed by atoms with Crippen molar-refractivity contribution in [3.8, 4) is 0 Å². The molecule has 0 aliphatic rings. The van der Waals surface area contributed by atoms with Gasteiger partial charge in [0.1, 0.15) is 0 Å². The standard InChI is InChI=1S/C13H24N2OS/c1-4-7-15-8-5-6-12(15)9-14-10-13(2,16)11-17-3/h5-6,8,14,16H,4,7,9-11H2,1-3H3. The van der Waals surface area contributed by atoms with Gasteiger partial charge in [0, 0.05) is 37.3 Å². The zero-order valence-corrected chi connectivity index (χ0v) is 11.9. The number of nitrogens with one attached hydrogen (secondary N) is 1. The first-order chi connectivity index (χ1) is 8.09.